The van der Waals surface area contributed by atoms with Crippen LogP contribution in [-0.2, 0) is 19.6 Å². The molecule has 6 nitrogen and oxygen atoms in total. The molecule has 138 valence electrons. The predicted octanol–water partition coefficient (Wildman–Crippen LogP) is 2.53. The number of rotatable bonds is 9. The molecule has 0 fully saturated rings. The molecule has 1 aromatic carbocycles. The van der Waals surface area contributed by atoms with Crippen LogP contribution in [0.2, 0.25) is 0 Å². The summed E-state index contributed by atoms with van der Waals surface area (Å²) in [6, 6.07) is 10.7. The molecule has 6 heteroatoms. The van der Waals surface area contributed by atoms with Crippen LogP contribution >= 0.6 is 0 Å². The van der Waals surface area contributed by atoms with Crippen molar-refractivity contribution in [3.05, 3.63) is 71.6 Å². The Kier molecular flexibility index (Phi) is 6.20. The monoisotopic (exact) mass is 352 g/mol. The maximum Gasteiger partial charge on any atom is 0.0925 e. The summed E-state index contributed by atoms with van der Waals surface area (Å²) < 4.78 is 1.95. The van der Waals surface area contributed by atoms with Gasteiger partial charge in [-0.1, -0.05) is 24.3 Å². The molecule has 3 aromatic rings. The molecular weight excluding hydrogens is 324 g/mol. The van der Waals surface area contributed by atoms with Gasteiger partial charge < -0.3 is 9.88 Å². The predicted molar refractivity (Wildman–Crippen MR) is 104 cm³/mol. The van der Waals surface area contributed by atoms with Gasteiger partial charge in [-0.05, 0) is 38.2 Å². The van der Waals surface area contributed by atoms with E-state index in [4.69, 9.17) is 0 Å². The van der Waals surface area contributed by atoms with Crippen LogP contribution in [0.3, 0.4) is 0 Å². The molecule has 0 spiro atoms. The van der Waals surface area contributed by atoms with E-state index in [2.05, 4.69) is 70.2 Å². The molecule has 0 saturated heterocycles. The lowest BCUT2D eigenvalue weighted by atomic mass is 10.1. The Morgan fingerprint density at radius 3 is 2.62 bits per heavy atom. The van der Waals surface area contributed by atoms with E-state index >= 15 is 0 Å². The van der Waals surface area contributed by atoms with Crippen LogP contribution in [0.1, 0.15) is 22.5 Å². The number of hydrogen-bond acceptors (Lipinski definition) is 4. The lowest BCUT2D eigenvalue weighted by Crippen LogP contribution is -2.31. The van der Waals surface area contributed by atoms with Gasteiger partial charge in [0.25, 0.3) is 0 Å². The van der Waals surface area contributed by atoms with Gasteiger partial charge in [0.1, 0.15) is 0 Å². The van der Waals surface area contributed by atoms with E-state index in [1.165, 1.54) is 11.1 Å². The van der Waals surface area contributed by atoms with Gasteiger partial charge in [-0.15, -0.1) is 0 Å². The Morgan fingerprint density at radius 2 is 1.92 bits per heavy atom. The second-order valence-electron chi connectivity index (χ2n) is 7.01. The second kappa shape index (κ2) is 8.78. The first-order chi connectivity index (χ1) is 12.6. The Labute approximate surface area is 155 Å². The Balaban J connectivity index is 1.69. The van der Waals surface area contributed by atoms with E-state index in [0.29, 0.717) is 0 Å². The number of hydrogen-bond donors (Lipinski definition) is 1. The SMILES string of the molecule is Cc1[nH]cnc1CN(CCN(C)C)Cc1cccc(Cn2cccn2)c1. The van der Waals surface area contributed by atoms with E-state index in [0.717, 1.165) is 44.1 Å². The van der Waals surface area contributed by atoms with E-state index < -0.39 is 0 Å². The first-order valence-electron chi connectivity index (χ1n) is 9.01. The molecule has 0 amide bonds. The summed E-state index contributed by atoms with van der Waals surface area (Å²) in [4.78, 5) is 12.3. The van der Waals surface area contributed by atoms with Gasteiger partial charge in [0, 0.05) is 44.3 Å². The van der Waals surface area contributed by atoms with E-state index in [9.17, 15) is 0 Å². The molecule has 2 heterocycles. The molecular formula is C20H28N6. The van der Waals surface area contributed by atoms with Crippen LogP contribution in [-0.4, -0.2) is 56.7 Å². The number of aromatic amines is 1. The lowest BCUT2D eigenvalue weighted by molar-refractivity contribution is 0.224. The van der Waals surface area contributed by atoms with Crippen LogP contribution in [0.15, 0.2) is 49.1 Å². The smallest absolute Gasteiger partial charge is 0.0925 e. The zero-order chi connectivity index (χ0) is 18.4. The fourth-order valence-corrected chi connectivity index (χ4v) is 2.98. The van der Waals surface area contributed by atoms with Crippen molar-refractivity contribution in [2.75, 3.05) is 27.2 Å². The Morgan fingerprint density at radius 1 is 1.08 bits per heavy atom. The van der Waals surface area contributed by atoms with Crippen molar-refractivity contribution in [1.82, 2.24) is 29.5 Å². The Bertz CT molecular complexity index is 790. The number of likely N-dealkylation sites (N-methyl/N-ethyl adjacent to an activating group) is 1. The van der Waals surface area contributed by atoms with E-state index in [1.807, 2.05) is 23.1 Å². The quantitative estimate of drug-likeness (QED) is 0.643. The highest BCUT2D eigenvalue weighted by Gasteiger charge is 2.11. The molecule has 1 N–H and O–H groups in total. The summed E-state index contributed by atoms with van der Waals surface area (Å²) in [6.07, 6.45) is 5.59. The third-order valence-electron chi connectivity index (χ3n) is 4.47. The molecule has 0 bridgehead atoms. The number of nitrogens with zero attached hydrogens (tertiary/aromatic N) is 5. The second-order valence-corrected chi connectivity index (χ2v) is 7.01. The summed E-state index contributed by atoms with van der Waals surface area (Å²) in [5.41, 5.74) is 4.86. The van der Waals surface area contributed by atoms with Crippen molar-refractivity contribution in [3.63, 3.8) is 0 Å². The van der Waals surface area contributed by atoms with Crippen LogP contribution in [0.25, 0.3) is 0 Å². The lowest BCUT2D eigenvalue weighted by Gasteiger charge is -2.24. The van der Waals surface area contributed by atoms with Crippen molar-refractivity contribution in [3.8, 4) is 0 Å². The van der Waals surface area contributed by atoms with Crippen molar-refractivity contribution >= 4 is 0 Å². The van der Waals surface area contributed by atoms with Gasteiger partial charge in [0.05, 0.1) is 18.6 Å². The average Bonchev–Trinajstić information content (AvgIpc) is 3.25. The highest BCUT2D eigenvalue weighted by atomic mass is 15.3. The van der Waals surface area contributed by atoms with Gasteiger partial charge >= 0.3 is 0 Å². The third-order valence-corrected chi connectivity index (χ3v) is 4.47. The maximum atomic E-state index is 4.47. The number of H-pyrrole nitrogens is 1. The molecule has 0 aliphatic heterocycles. The number of aromatic nitrogens is 4. The summed E-state index contributed by atoms with van der Waals surface area (Å²) in [7, 11) is 4.23. The van der Waals surface area contributed by atoms with E-state index in [1.54, 1.807) is 6.33 Å². The topological polar surface area (TPSA) is 53.0 Å². The van der Waals surface area contributed by atoms with Crippen LogP contribution in [0, 0.1) is 6.92 Å². The van der Waals surface area contributed by atoms with Crippen LogP contribution in [0.4, 0.5) is 0 Å². The number of nitrogens with one attached hydrogen (secondary N) is 1. The number of imidazole rings is 1. The normalized spacial score (nSPS) is 11.6. The van der Waals surface area contributed by atoms with Crippen molar-refractivity contribution < 1.29 is 0 Å². The average molecular weight is 352 g/mol. The minimum absolute atomic E-state index is 0.803. The number of benzene rings is 1. The summed E-state index contributed by atoms with van der Waals surface area (Å²) >= 11 is 0. The zero-order valence-electron chi connectivity index (χ0n) is 15.9. The minimum Gasteiger partial charge on any atom is -0.348 e. The third kappa shape index (κ3) is 5.28. The highest BCUT2D eigenvalue weighted by Crippen LogP contribution is 2.13. The van der Waals surface area contributed by atoms with Crippen molar-refractivity contribution in [2.24, 2.45) is 0 Å². The standard InChI is InChI=1S/C20H28N6/c1-17-20(22-16-21-17)15-25(11-10-24(2)3)13-18-6-4-7-19(12-18)14-26-9-5-8-23-26/h4-9,12,16H,10-11,13-15H2,1-3H3,(H,21,22). The zero-order valence-corrected chi connectivity index (χ0v) is 15.9. The molecule has 0 saturated carbocycles. The van der Waals surface area contributed by atoms with Gasteiger partial charge in [0.15, 0.2) is 0 Å². The molecule has 26 heavy (non-hydrogen) atoms. The van der Waals surface area contributed by atoms with Gasteiger partial charge in [-0.25, -0.2) is 4.98 Å². The number of aryl methyl sites for hydroxylation is 1. The molecule has 0 aliphatic rings. The van der Waals surface area contributed by atoms with Crippen LogP contribution < -0.4 is 0 Å². The first kappa shape index (κ1) is 18.4. The Hall–Kier alpha value is -2.44. The van der Waals surface area contributed by atoms with Crippen molar-refractivity contribution in [2.45, 2.75) is 26.6 Å². The molecule has 0 aliphatic carbocycles. The summed E-state index contributed by atoms with van der Waals surface area (Å²) in [5.74, 6) is 0. The van der Waals surface area contributed by atoms with Gasteiger partial charge in [0.2, 0.25) is 0 Å². The fraction of sp³-hybridized carbons (Fsp3) is 0.400. The molecule has 0 unspecified atom stereocenters. The summed E-state index contributed by atoms with van der Waals surface area (Å²) in [5, 5.41) is 4.30. The molecule has 3 rings (SSSR count). The van der Waals surface area contributed by atoms with E-state index in [-0.39, 0.29) is 0 Å². The van der Waals surface area contributed by atoms with Crippen molar-refractivity contribution in [1.29, 1.82) is 0 Å². The fourth-order valence-electron chi connectivity index (χ4n) is 2.98. The molecule has 2 aromatic heterocycles. The maximum absolute atomic E-state index is 4.47. The minimum atomic E-state index is 0.803. The van der Waals surface area contributed by atoms with Gasteiger partial charge in [-0.2, -0.15) is 5.10 Å². The summed E-state index contributed by atoms with van der Waals surface area (Å²) in [6.45, 7) is 6.67. The largest absolute Gasteiger partial charge is 0.348 e. The van der Waals surface area contributed by atoms with Crippen LogP contribution in [0.5, 0.6) is 0 Å². The molecule has 0 radical (unpaired) electrons. The van der Waals surface area contributed by atoms with Gasteiger partial charge in [-0.3, -0.25) is 9.58 Å². The first-order valence-corrected chi connectivity index (χ1v) is 9.01. The molecule has 0 atom stereocenters. The highest BCUT2D eigenvalue weighted by molar-refractivity contribution is 5.24.